The average Bonchev–Trinajstić information content (AvgIpc) is 2.43. The fourth-order valence-corrected chi connectivity index (χ4v) is 2.46. The van der Waals surface area contributed by atoms with Crippen molar-refractivity contribution in [3.05, 3.63) is 0 Å². The summed E-state index contributed by atoms with van der Waals surface area (Å²) in [5.74, 6) is -0.534. The van der Waals surface area contributed by atoms with Gasteiger partial charge in [0.1, 0.15) is 0 Å². The van der Waals surface area contributed by atoms with Crippen LogP contribution in [0.25, 0.3) is 0 Å². The molecule has 0 spiro atoms. The average molecular weight is 300 g/mol. The van der Waals surface area contributed by atoms with Crippen molar-refractivity contribution in [3.8, 4) is 0 Å². The topological polar surface area (TPSA) is 66.8 Å². The van der Waals surface area contributed by atoms with Crippen LogP contribution < -0.4 is 0 Å². The molecule has 0 saturated heterocycles. The van der Waals surface area contributed by atoms with Crippen LogP contribution in [0.2, 0.25) is 0 Å². The molecule has 0 amide bonds. The van der Waals surface area contributed by atoms with E-state index in [4.69, 9.17) is 10.0 Å². The van der Waals surface area contributed by atoms with Gasteiger partial charge in [0, 0.05) is 6.42 Å². The van der Waals surface area contributed by atoms with Crippen molar-refractivity contribution in [1.29, 1.82) is 0 Å². The zero-order valence-electron chi connectivity index (χ0n) is 13.7. The van der Waals surface area contributed by atoms with Gasteiger partial charge < -0.3 is 14.7 Å². The van der Waals surface area contributed by atoms with Crippen LogP contribution in [-0.4, -0.2) is 23.3 Å². The minimum Gasteiger partial charge on any atom is -0.485 e. The van der Waals surface area contributed by atoms with Crippen LogP contribution in [0.3, 0.4) is 0 Å². The van der Waals surface area contributed by atoms with Gasteiger partial charge in [-0.05, 0) is 6.42 Å². The summed E-state index contributed by atoms with van der Waals surface area (Å²) in [6, 6.07) is 0. The van der Waals surface area contributed by atoms with Crippen molar-refractivity contribution < 1.29 is 19.5 Å². The van der Waals surface area contributed by atoms with E-state index < -0.39 is 13.3 Å². The van der Waals surface area contributed by atoms with E-state index in [-0.39, 0.29) is 6.42 Å². The highest BCUT2D eigenvalue weighted by molar-refractivity contribution is 6.35. The lowest BCUT2D eigenvalue weighted by Crippen LogP contribution is -2.21. The van der Waals surface area contributed by atoms with E-state index in [1.54, 1.807) is 0 Å². The summed E-state index contributed by atoms with van der Waals surface area (Å²) in [5.41, 5.74) is 0. The Balaban J connectivity index is 3.07. The van der Waals surface area contributed by atoms with Crippen LogP contribution >= 0.6 is 0 Å². The van der Waals surface area contributed by atoms with Crippen molar-refractivity contribution in [3.63, 3.8) is 0 Å². The lowest BCUT2D eigenvalue weighted by atomic mass is 10.0. The van der Waals surface area contributed by atoms with Crippen molar-refractivity contribution in [1.82, 2.24) is 0 Å². The molecule has 0 saturated carbocycles. The number of hydrogen-bond donors (Lipinski definition) is 2. The molecule has 0 radical (unpaired) electrons. The Labute approximate surface area is 130 Å². The molecule has 0 unspecified atom stereocenters. The molecule has 4 nitrogen and oxygen atoms in total. The molecule has 124 valence electrons. The Hall–Kier alpha value is -0.545. The molecule has 0 bridgehead atoms. The van der Waals surface area contributed by atoms with Crippen molar-refractivity contribution in [2.75, 3.05) is 0 Å². The van der Waals surface area contributed by atoms with E-state index >= 15 is 0 Å². The van der Waals surface area contributed by atoms with E-state index in [1.165, 1.54) is 64.2 Å². The molecular weight excluding hydrogens is 267 g/mol. The maximum absolute atomic E-state index is 11.0. The molecule has 0 heterocycles. The van der Waals surface area contributed by atoms with E-state index in [2.05, 4.69) is 11.6 Å². The zero-order chi connectivity index (χ0) is 15.8. The fraction of sp³-hybridized carbons (Fsp3) is 0.938. The third-order valence-corrected chi connectivity index (χ3v) is 3.72. The Morgan fingerprint density at radius 2 is 1.14 bits per heavy atom. The molecule has 0 atom stereocenters. The SMILES string of the molecule is CCCCCCCCCCCCCCCC(=O)OB(O)O. The summed E-state index contributed by atoms with van der Waals surface area (Å²) in [6.07, 6.45) is 16.6. The van der Waals surface area contributed by atoms with E-state index in [0.29, 0.717) is 0 Å². The van der Waals surface area contributed by atoms with Crippen LogP contribution in [0.15, 0.2) is 0 Å². The molecular formula is C16H33BO4. The Bertz CT molecular complexity index is 234. The molecule has 0 aliphatic carbocycles. The summed E-state index contributed by atoms with van der Waals surface area (Å²) >= 11 is 0. The minimum absolute atomic E-state index is 0.273. The quantitative estimate of drug-likeness (QED) is 0.354. The first-order valence-electron chi connectivity index (χ1n) is 8.72. The van der Waals surface area contributed by atoms with Gasteiger partial charge in [-0.25, -0.2) is 0 Å². The molecule has 0 aromatic rings. The van der Waals surface area contributed by atoms with Crippen molar-refractivity contribution in [2.45, 2.75) is 96.8 Å². The maximum atomic E-state index is 11.0. The van der Waals surface area contributed by atoms with Gasteiger partial charge in [-0.15, -0.1) is 0 Å². The highest BCUT2D eigenvalue weighted by atomic mass is 16.6. The van der Waals surface area contributed by atoms with Gasteiger partial charge in [0.2, 0.25) is 0 Å². The fourth-order valence-electron chi connectivity index (χ4n) is 2.46. The van der Waals surface area contributed by atoms with E-state index in [0.717, 1.165) is 19.3 Å². The van der Waals surface area contributed by atoms with Crippen LogP contribution in [0.4, 0.5) is 0 Å². The third kappa shape index (κ3) is 17.4. The van der Waals surface area contributed by atoms with E-state index in [1.807, 2.05) is 0 Å². The molecule has 0 aromatic heterocycles. The van der Waals surface area contributed by atoms with Gasteiger partial charge in [0.25, 0.3) is 5.97 Å². The van der Waals surface area contributed by atoms with Gasteiger partial charge in [-0.3, -0.25) is 4.79 Å². The molecule has 0 aromatic carbocycles. The molecule has 2 N–H and O–H groups in total. The Morgan fingerprint density at radius 1 is 0.762 bits per heavy atom. The number of carbonyl (C=O) groups is 1. The first-order valence-corrected chi connectivity index (χ1v) is 8.72. The van der Waals surface area contributed by atoms with Gasteiger partial charge >= 0.3 is 7.32 Å². The molecule has 0 aliphatic heterocycles. The summed E-state index contributed by atoms with van der Waals surface area (Å²) in [6.45, 7) is 2.25. The van der Waals surface area contributed by atoms with Gasteiger partial charge in [-0.2, -0.15) is 0 Å². The highest BCUT2D eigenvalue weighted by Crippen LogP contribution is 2.13. The molecule has 0 aliphatic rings. The van der Waals surface area contributed by atoms with Crippen LogP contribution in [0.1, 0.15) is 96.8 Å². The van der Waals surface area contributed by atoms with Crippen LogP contribution in [0.5, 0.6) is 0 Å². The number of carbonyl (C=O) groups excluding carboxylic acids is 1. The monoisotopic (exact) mass is 300 g/mol. The summed E-state index contributed by atoms with van der Waals surface area (Å²) < 4.78 is 4.23. The number of unbranched alkanes of at least 4 members (excludes halogenated alkanes) is 12. The molecule has 5 heteroatoms. The van der Waals surface area contributed by atoms with Gasteiger partial charge in [-0.1, -0.05) is 84.0 Å². The normalized spacial score (nSPS) is 10.6. The first kappa shape index (κ1) is 20.5. The predicted molar refractivity (Wildman–Crippen MR) is 86.6 cm³/mol. The smallest absolute Gasteiger partial charge is 0.485 e. The van der Waals surface area contributed by atoms with Crippen molar-refractivity contribution in [2.24, 2.45) is 0 Å². The van der Waals surface area contributed by atoms with E-state index in [9.17, 15) is 4.79 Å². The Morgan fingerprint density at radius 3 is 1.52 bits per heavy atom. The number of rotatable bonds is 15. The Kier molecular flexibility index (Phi) is 15.4. The molecule has 0 rings (SSSR count). The highest BCUT2D eigenvalue weighted by Gasteiger charge is 2.14. The zero-order valence-corrected chi connectivity index (χ0v) is 13.7. The summed E-state index contributed by atoms with van der Waals surface area (Å²) in [7, 11) is -1.97. The molecule has 0 fully saturated rings. The standard InChI is InChI=1S/C16H33BO4/c1-2-3-4-5-6-7-8-9-10-11-12-13-14-15-16(18)21-17(19)20/h19-20H,2-15H2,1H3. The second kappa shape index (κ2) is 15.8. The molecule has 21 heavy (non-hydrogen) atoms. The first-order chi connectivity index (χ1) is 10.2. The minimum atomic E-state index is -1.97. The van der Waals surface area contributed by atoms with Gasteiger partial charge in [0.05, 0.1) is 0 Å². The lowest BCUT2D eigenvalue weighted by Gasteiger charge is -2.04. The largest absolute Gasteiger partial charge is 0.709 e. The maximum Gasteiger partial charge on any atom is 0.709 e. The second-order valence-corrected chi connectivity index (χ2v) is 5.81. The third-order valence-electron chi connectivity index (χ3n) is 3.72. The van der Waals surface area contributed by atoms with Gasteiger partial charge in [0.15, 0.2) is 0 Å². The summed E-state index contributed by atoms with van der Waals surface area (Å²) in [5, 5.41) is 16.9. The second-order valence-electron chi connectivity index (χ2n) is 5.81. The number of hydrogen-bond acceptors (Lipinski definition) is 4. The van der Waals surface area contributed by atoms with Crippen LogP contribution in [-0.2, 0) is 9.45 Å². The van der Waals surface area contributed by atoms with Crippen LogP contribution in [0, 0.1) is 0 Å². The lowest BCUT2D eigenvalue weighted by molar-refractivity contribution is -0.137. The summed E-state index contributed by atoms with van der Waals surface area (Å²) in [4.78, 5) is 11.0. The van der Waals surface area contributed by atoms with Crippen molar-refractivity contribution >= 4 is 13.3 Å². The predicted octanol–water partition coefficient (Wildman–Crippen LogP) is 3.98.